The van der Waals surface area contributed by atoms with E-state index in [2.05, 4.69) is 26.8 Å². The molecule has 0 aliphatic carbocycles. The highest BCUT2D eigenvalue weighted by Crippen LogP contribution is 2.21. The first kappa shape index (κ1) is 18.3. The Hall–Kier alpha value is -2.05. The van der Waals surface area contributed by atoms with E-state index in [-0.39, 0.29) is 18.9 Å². The van der Waals surface area contributed by atoms with Crippen molar-refractivity contribution >= 4 is 39.3 Å². The van der Waals surface area contributed by atoms with Crippen LogP contribution in [0.4, 0.5) is 0 Å². The molecule has 5 nitrogen and oxygen atoms in total. The molecule has 2 aromatic rings. The lowest BCUT2D eigenvalue weighted by molar-refractivity contribution is -0.129. The number of benzene rings is 2. The normalized spacial score (nSPS) is 10.1. The number of nitrogens with one attached hydrogen (secondary N) is 2. The van der Waals surface area contributed by atoms with Gasteiger partial charge in [-0.05, 0) is 48.4 Å². The minimum absolute atomic E-state index is 0.143. The first-order valence-electron chi connectivity index (χ1n) is 7.15. The minimum atomic E-state index is -0.444. The number of halogens is 2. The highest BCUT2D eigenvalue weighted by atomic mass is 79.9. The van der Waals surface area contributed by atoms with Crippen LogP contribution < -0.4 is 15.6 Å². The van der Waals surface area contributed by atoms with Gasteiger partial charge in [-0.25, -0.2) is 0 Å². The van der Waals surface area contributed by atoms with E-state index >= 15 is 0 Å². The van der Waals surface area contributed by atoms with Crippen molar-refractivity contribution in [3.63, 3.8) is 0 Å². The molecule has 0 saturated heterocycles. The van der Waals surface area contributed by atoms with Crippen LogP contribution in [0.25, 0.3) is 0 Å². The van der Waals surface area contributed by atoms with Crippen LogP contribution in [0.2, 0.25) is 5.02 Å². The third-order valence-corrected chi connectivity index (χ3v) is 4.26. The number of ether oxygens (including phenoxy) is 1. The fourth-order valence-corrected chi connectivity index (χ4v) is 2.24. The number of aryl methyl sites for hydroxylation is 1. The second kappa shape index (κ2) is 8.70. The molecule has 0 fully saturated rings. The molecule has 0 radical (unpaired) electrons. The number of carbonyl (C=O) groups excluding carboxylic acids is 2. The van der Waals surface area contributed by atoms with Crippen LogP contribution >= 0.6 is 27.5 Å². The van der Waals surface area contributed by atoms with Gasteiger partial charge in [-0.15, -0.1) is 0 Å². The van der Waals surface area contributed by atoms with Crippen LogP contribution in [0.15, 0.2) is 46.9 Å². The van der Waals surface area contributed by atoms with Crippen molar-refractivity contribution in [2.24, 2.45) is 0 Å². The third-order valence-electron chi connectivity index (χ3n) is 3.12. The van der Waals surface area contributed by atoms with Crippen LogP contribution in [0.5, 0.6) is 5.75 Å². The van der Waals surface area contributed by atoms with Crippen LogP contribution in [-0.2, 0) is 16.0 Å². The molecule has 2 aromatic carbocycles. The third kappa shape index (κ3) is 5.86. The Morgan fingerprint density at radius 1 is 1.08 bits per heavy atom. The van der Waals surface area contributed by atoms with Gasteiger partial charge in [0.2, 0.25) is 5.91 Å². The predicted octanol–water partition coefficient (Wildman–Crippen LogP) is 3.18. The number of hydrogen-bond acceptors (Lipinski definition) is 3. The first-order chi connectivity index (χ1) is 11.4. The van der Waals surface area contributed by atoms with Gasteiger partial charge in [0.25, 0.3) is 5.91 Å². The molecule has 0 aliphatic rings. The zero-order valence-electron chi connectivity index (χ0n) is 12.9. The van der Waals surface area contributed by atoms with Crippen LogP contribution in [0.3, 0.4) is 0 Å². The number of hydrogen-bond donors (Lipinski definition) is 2. The first-order valence-corrected chi connectivity index (χ1v) is 8.32. The summed E-state index contributed by atoms with van der Waals surface area (Å²) >= 11 is 9.17. The molecule has 24 heavy (non-hydrogen) atoms. The highest BCUT2D eigenvalue weighted by Gasteiger charge is 2.07. The van der Waals surface area contributed by atoms with Gasteiger partial charge in [0.15, 0.2) is 6.61 Å². The molecule has 0 bridgehead atoms. The van der Waals surface area contributed by atoms with E-state index in [1.54, 1.807) is 30.3 Å². The molecular formula is C17H16BrClN2O3. The number of hydrazine groups is 1. The van der Waals surface area contributed by atoms with Crippen molar-refractivity contribution in [2.45, 2.75) is 13.3 Å². The summed E-state index contributed by atoms with van der Waals surface area (Å²) in [6, 6.07) is 12.3. The smallest absolute Gasteiger partial charge is 0.276 e. The van der Waals surface area contributed by atoms with E-state index in [0.717, 1.165) is 15.6 Å². The number of amides is 2. The quantitative estimate of drug-likeness (QED) is 0.743. The van der Waals surface area contributed by atoms with Gasteiger partial charge in [-0.1, -0.05) is 39.7 Å². The molecule has 2 N–H and O–H groups in total. The van der Waals surface area contributed by atoms with E-state index in [1.165, 1.54) is 0 Å². The zero-order valence-corrected chi connectivity index (χ0v) is 15.3. The Kier molecular flexibility index (Phi) is 6.63. The van der Waals surface area contributed by atoms with E-state index < -0.39 is 5.91 Å². The molecular weight excluding hydrogens is 396 g/mol. The van der Waals surface area contributed by atoms with Crippen molar-refractivity contribution in [1.82, 2.24) is 10.9 Å². The summed E-state index contributed by atoms with van der Waals surface area (Å²) in [5.74, 6) is -0.191. The average molecular weight is 412 g/mol. The van der Waals surface area contributed by atoms with Crippen molar-refractivity contribution < 1.29 is 14.3 Å². The zero-order chi connectivity index (χ0) is 17.5. The summed E-state index contributed by atoms with van der Waals surface area (Å²) in [5, 5.41) is 0.604. The Morgan fingerprint density at radius 3 is 2.42 bits per heavy atom. The van der Waals surface area contributed by atoms with Crippen LogP contribution in [0.1, 0.15) is 11.1 Å². The van der Waals surface area contributed by atoms with Gasteiger partial charge in [0.05, 0.1) is 6.42 Å². The lowest BCUT2D eigenvalue weighted by atomic mass is 10.1. The largest absolute Gasteiger partial charge is 0.484 e. The summed E-state index contributed by atoms with van der Waals surface area (Å²) in [6.45, 7) is 1.73. The van der Waals surface area contributed by atoms with Crippen LogP contribution in [-0.4, -0.2) is 18.4 Å². The van der Waals surface area contributed by atoms with Gasteiger partial charge in [-0.3, -0.25) is 20.4 Å². The Labute approximate surface area is 153 Å². The lowest BCUT2D eigenvalue weighted by Gasteiger charge is -2.09. The maximum Gasteiger partial charge on any atom is 0.276 e. The summed E-state index contributed by atoms with van der Waals surface area (Å²) in [4.78, 5) is 23.4. The standard InChI is InChI=1S/C17H16BrClN2O3/c1-11-8-14(6-7-15(11)18)24-10-17(23)21-20-16(22)9-12-2-4-13(19)5-3-12/h2-8H,9-10H2,1H3,(H,20,22)(H,21,23). The minimum Gasteiger partial charge on any atom is -0.484 e. The summed E-state index contributed by atoms with van der Waals surface area (Å²) in [7, 11) is 0. The Morgan fingerprint density at radius 2 is 1.75 bits per heavy atom. The number of rotatable bonds is 5. The molecule has 0 aromatic heterocycles. The average Bonchev–Trinajstić information content (AvgIpc) is 2.56. The number of carbonyl (C=O) groups is 2. The topological polar surface area (TPSA) is 67.4 Å². The fourth-order valence-electron chi connectivity index (χ4n) is 1.86. The summed E-state index contributed by atoms with van der Waals surface area (Å²) < 4.78 is 6.33. The van der Waals surface area contributed by atoms with E-state index in [9.17, 15) is 9.59 Å². The summed E-state index contributed by atoms with van der Waals surface area (Å²) in [6.07, 6.45) is 0.143. The van der Waals surface area contributed by atoms with Gasteiger partial charge < -0.3 is 4.74 Å². The van der Waals surface area contributed by atoms with Gasteiger partial charge >= 0.3 is 0 Å². The van der Waals surface area contributed by atoms with Gasteiger partial charge in [0.1, 0.15) is 5.75 Å². The van der Waals surface area contributed by atoms with Crippen LogP contribution in [0, 0.1) is 6.92 Å². The molecule has 0 saturated carbocycles. The molecule has 0 unspecified atom stereocenters. The SMILES string of the molecule is Cc1cc(OCC(=O)NNC(=O)Cc2ccc(Cl)cc2)ccc1Br. The van der Waals surface area contributed by atoms with Crippen molar-refractivity contribution in [3.05, 3.63) is 63.1 Å². The second-order valence-corrected chi connectivity index (χ2v) is 6.39. The molecule has 7 heteroatoms. The van der Waals surface area contributed by atoms with E-state index in [0.29, 0.717) is 10.8 Å². The molecule has 0 heterocycles. The highest BCUT2D eigenvalue weighted by molar-refractivity contribution is 9.10. The van der Waals surface area contributed by atoms with E-state index in [4.69, 9.17) is 16.3 Å². The van der Waals surface area contributed by atoms with Crippen molar-refractivity contribution in [1.29, 1.82) is 0 Å². The Bertz CT molecular complexity index is 735. The monoisotopic (exact) mass is 410 g/mol. The molecule has 2 rings (SSSR count). The molecule has 0 aliphatic heterocycles. The van der Waals surface area contributed by atoms with Crippen molar-refractivity contribution in [3.8, 4) is 5.75 Å². The fraction of sp³-hybridized carbons (Fsp3) is 0.176. The molecule has 0 spiro atoms. The molecule has 2 amide bonds. The van der Waals surface area contributed by atoms with Gasteiger partial charge in [-0.2, -0.15) is 0 Å². The van der Waals surface area contributed by atoms with E-state index in [1.807, 2.05) is 19.1 Å². The van der Waals surface area contributed by atoms with Gasteiger partial charge in [0, 0.05) is 9.50 Å². The maximum absolute atomic E-state index is 11.8. The Balaban J connectivity index is 1.73. The molecule has 126 valence electrons. The lowest BCUT2D eigenvalue weighted by Crippen LogP contribution is -2.44. The summed E-state index contributed by atoms with van der Waals surface area (Å²) in [5.41, 5.74) is 6.46. The maximum atomic E-state index is 11.8. The molecule has 0 atom stereocenters. The predicted molar refractivity (Wildman–Crippen MR) is 95.8 cm³/mol. The second-order valence-electron chi connectivity index (χ2n) is 5.10. The van der Waals surface area contributed by atoms with Crippen molar-refractivity contribution in [2.75, 3.05) is 6.61 Å².